The first-order valence-corrected chi connectivity index (χ1v) is 10.4. The highest BCUT2D eigenvalue weighted by atomic mass is 16.5. The number of ether oxygens (including phenoxy) is 2. The third-order valence-corrected chi connectivity index (χ3v) is 4.92. The first-order chi connectivity index (χ1) is 15.1. The van der Waals surface area contributed by atoms with E-state index in [1.807, 2.05) is 62.5 Å². The number of nitrogens with zero attached hydrogens (tertiary/aromatic N) is 2. The van der Waals surface area contributed by atoms with E-state index in [0.717, 1.165) is 35.4 Å². The molecule has 0 spiro atoms. The molecule has 0 aliphatic heterocycles. The zero-order valence-corrected chi connectivity index (χ0v) is 18.3. The summed E-state index contributed by atoms with van der Waals surface area (Å²) < 4.78 is 10.9. The van der Waals surface area contributed by atoms with E-state index >= 15 is 0 Å². The number of aryl methyl sites for hydroxylation is 1. The second kappa shape index (κ2) is 11.0. The van der Waals surface area contributed by atoms with E-state index in [2.05, 4.69) is 16.3 Å². The number of methoxy groups -OCH3 is 1. The number of nitrogens with one attached hydrogen (secondary N) is 1. The van der Waals surface area contributed by atoms with Crippen LogP contribution in [0.15, 0.2) is 60.7 Å². The van der Waals surface area contributed by atoms with Crippen molar-refractivity contribution in [1.82, 2.24) is 15.1 Å². The molecule has 2 aromatic carbocycles. The minimum absolute atomic E-state index is 0.0386. The van der Waals surface area contributed by atoms with Crippen molar-refractivity contribution in [2.45, 2.75) is 19.8 Å². The van der Waals surface area contributed by atoms with Crippen LogP contribution in [0.25, 0.3) is 17.3 Å². The molecular formula is C25H29N3O3. The standard InChI is InChI=1S/C25H29N3O3/c1-4-31-24-17-19(12-14-23(24)30-3)13-15-25(29)28(2)16-8-11-21-18-22(27-26-21)20-9-6-5-7-10-20/h5-7,9-10,12-15,17-18H,4,8,11,16H2,1-3H3,(H,26,27). The van der Waals surface area contributed by atoms with Gasteiger partial charge in [0.25, 0.3) is 0 Å². The summed E-state index contributed by atoms with van der Waals surface area (Å²) >= 11 is 0. The topological polar surface area (TPSA) is 67.5 Å². The summed E-state index contributed by atoms with van der Waals surface area (Å²) in [5.41, 5.74) is 3.98. The molecule has 0 bridgehead atoms. The Hall–Kier alpha value is -3.54. The Morgan fingerprint density at radius 1 is 1.13 bits per heavy atom. The molecule has 1 amide bonds. The molecule has 1 aromatic heterocycles. The van der Waals surface area contributed by atoms with E-state index < -0.39 is 0 Å². The summed E-state index contributed by atoms with van der Waals surface area (Å²) in [7, 11) is 3.42. The van der Waals surface area contributed by atoms with Crippen molar-refractivity contribution in [3.05, 3.63) is 71.9 Å². The molecule has 0 aliphatic rings. The molecular weight excluding hydrogens is 390 g/mol. The Morgan fingerprint density at radius 3 is 2.68 bits per heavy atom. The molecule has 6 nitrogen and oxygen atoms in total. The van der Waals surface area contributed by atoms with Crippen LogP contribution in [0.5, 0.6) is 11.5 Å². The highest BCUT2D eigenvalue weighted by Crippen LogP contribution is 2.28. The van der Waals surface area contributed by atoms with Gasteiger partial charge in [-0.25, -0.2) is 0 Å². The Kier molecular flexibility index (Phi) is 7.87. The minimum Gasteiger partial charge on any atom is -0.493 e. The number of benzene rings is 2. The predicted molar refractivity (Wildman–Crippen MR) is 123 cm³/mol. The van der Waals surface area contributed by atoms with Gasteiger partial charge in [0.15, 0.2) is 11.5 Å². The van der Waals surface area contributed by atoms with E-state index in [1.165, 1.54) is 0 Å². The van der Waals surface area contributed by atoms with Crippen LogP contribution in [0.2, 0.25) is 0 Å². The lowest BCUT2D eigenvalue weighted by Gasteiger charge is -2.14. The number of hydrogen-bond donors (Lipinski definition) is 1. The van der Waals surface area contributed by atoms with Crippen molar-refractivity contribution in [2.24, 2.45) is 0 Å². The third-order valence-electron chi connectivity index (χ3n) is 4.92. The summed E-state index contributed by atoms with van der Waals surface area (Å²) in [5, 5.41) is 7.47. The van der Waals surface area contributed by atoms with Gasteiger partial charge in [-0.1, -0.05) is 36.4 Å². The van der Waals surface area contributed by atoms with Crippen LogP contribution in [-0.2, 0) is 11.2 Å². The van der Waals surface area contributed by atoms with Crippen LogP contribution >= 0.6 is 0 Å². The van der Waals surface area contributed by atoms with E-state index in [4.69, 9.17) is 9.47 Å². The Labute approximate surface area is 183 Å². The number of likely N-dealkylation sites (N-methyl/N-ethyl adjacent to an activating group) is 1. The first-order valence-electron chi connectivity index (χ1n) is 10.4. The van der Waals surface area contributed by atoms with Gasteiger partial charge < -0.3 is 14.4 Å². The van der Waals surface area contributed by atoms with E-state index in [-0.39, 0.29) is 5.91 Å². The van der Waals surface area contributed by atoms with E-state index in [1.54, 1.807) is 24.2 Å². The number of aromatic nitrogens is 2. The molecule has 1 heterocycles. The largest absolute Gasteiger partial charge is 0.493 e. The van der Waals surface area contributed by atoms with Crippen molar-refractivity contribution >= 4 is 12.0 Å². The number of hydrogen-bond acceptors (Lipinski definition) is 4. The molecule has 162 valence electrons. The molecule has 6 heteroatoms. The predicted octanol–water partition coefficient (Wildman–Crippen LogP) is 4.59. The maximum Gasteiger partial charge on any atom is 0.246 e. The molecule has 0 atom stereocenters. The van der Waals surface area contributed by atoms with Crippen LogP contribution in [0, 0.1) is 0 Å². The van der Waals surface area contributed by atoms with Gasteiger partial charge in [0, 0.05) is 30.9 Å². The third kappa shape index (κ3) is 6.22. The van der Waals surface area contributed by atoms with Gasteiger partial charge in [0.1, 0.15) is 0 Å². The summed E-state index contributed by atoms with van der Waals surface area (Å²) in [4.78, 5) is 14.2. The number of aromatic amines is 1. The molecule has 31 heavy (non-hydrogen) atoms. The Bertz CT molecular complexity index is 1010. The summed E-state index contributed by atoms with van der Waals surface area (Å²) in [5.74, 6) is 1.31. The summed E-state index contributed by atoms with van der Waals surface area (Å²) in [6, 6.07) is 17.7. The van der Waals surface area contributed by atoms with Gasteiger partial charge >= 0.3 is 0 Å². The first kappa shape index (κ1) is 22.2. The fourth-order valence-electron chi connectivity index (χ4n) is 3.22. The quantitative estimate of drug-likeness (QED) is 0.488. The fourth-order valence-corrected chi connectivity index (χ4v) is 3.22. The van der Waals surface area contributed by atoms with Crippen molar-refractivity contribution in [3.8, 4) is 22.8 Å². The number of carbonyl (C=O) groups is 1. The molecule has 0 saturated carbocycles. The van der Waals surface area contributed by atoms with Gasteiger partial charge in [0.2, 0.25) is 5.91 Å². The minimum atomic E-state index is -0.0386. The van der Waals surface area contributed by atoms with Gasteiger partial charge in [-0.15, -0.1) is 0 Å². The number of amides is 1. The lowest BCUT2D eigenvalue weighted by molar-refractivity contribution is -0.124. The Balaban J connectivity index is 1.50. The van der Waals surface area contributed by atoms with Gasteiger partial charge in [-0.2, -0.15) is 5.10 Å². The highest BCUT2D eigenvalue weighted by molar-refractivity contribution is 5.91. The smallest absolute Gasteiger partial charge is 0.246 e. The molecule has 0 aliphatic carbocycles. The fraction of sp³-hybridized carbons (Fsp3) is 0.280. The van der Waals surface area contributed by atoms with Crippen molar-refractivity contribution in [1.29, 1.82) is 0 Å². The van der Waals surface area contributed by atoms with Crippen LogP contribution in [-0.4, -0.2) is 48.3 Å². The normalized spacial score (nSPS) is 10.9. The molecule has 0 unspecified atom stereocenters. The van der Waals surface area contributed by atoms with E-state index in [0.29, 0.717) is 24.7 Å². The zero-order valence-electron chi connectivity index (χ0n) is 18.3. The number of carbonyl (C=O) groups excluding carboxylic acids is 1. The van der Waals surface area contributed by atoms with Crippen molar-refractivity contribution in [2.75, 3.05) is 27.3 Å². The maximum atomic E-state index is 12.4. The zero-order chi connectivity index (χ0) is 22.1. The second-order valence-corrected chi connectivity index (χ2v) is 7.18. The maximum absolute atomic E-state index is 12.4. The molecule has 1 N–H and O–H groups in total. The van der Waals surface area contributed by atoms with Crippen LogP contribution in [0.1, 0.15) is 24.6 Å². The van der Waals surface area contributed by atoms with Crippen molar-refractivity contribution in [3.63, 3.8) is 0 Å². The Morgan fingerprint density at radius 2 is 1.94 bits per heavy atom. The molecule has 0 fully saturated rings. The lowest BCUT2D eigenvalue weighted by atomic mass is 10.1. The van der Waals surface area contributed by atoms with Crippen LogP contribution < -0.4 is 9.47 Å². The number of H-pyrrole nitrogens is 1. The number of rotatable bonds is 10. The van der Waals surface area contributed by atoms with Crippen LogP contribution in [0.3, 0.4) is 0 Å². The molecule has 3 aromatic rings. The van der Waals surface area contributed by atoms with Gasteiger partial charge in [-0.05, 0) is 49.6 Å². The second-order valence-electron chi connectivity index (χ2n) is 7.18. The van der Waals surface area contributed by atoms with Gasteiger partial charge in [0.05, 0.1) is 19.4 Å². The summed E-state index contributed by atoms with van der Waals surface area (Å²) in [6.07, 6.45) is 5.06. The lowest BCUT2D eigenvalue weighted by Crippen LogP contribution is -2.26. The monoisotopic (exact) mass is 419 g/mol. The van der Waals surface area contributed by atoms with Gasteiger partial charge in [-0.3, -0.25) is 9.89 Å². The van der Waals surface area contributed by atoms with E-state index in [9.17, 15) is 4.79 Å². The summed E-state index contributed by atoms with van der Waals surface area (Å²) in [6.45, 7) is 3.14. The molecule has 0 radical (unpaired) electrons. The SMILES string of the molecule is CCOc1cc(C=CC(=O)N(C)CCCc2cc(-c3ccccc3)n[nH]2)ccc1OC. The average molecular weight is 420 g/mol. The molecule has 0 saturated heterocycles. The molecule has 3 rings (SSSR count). The van der Waals surface area contributed by atoms with Crippen LogP contribution in [0.4, 0.5) is 0 Å². The van der Waals surface area contributed by atoms with Crippen molar-refractivity contribution < 1.29 is 14.3 Å². The average Bonchev–Trinajstić information content (AvgIpc) is 3.27. The highest BCUT2D eigenvalue weighted by Gasteiger charge is 2.08.